The molecule has 0 amide bonds. The van der Waals surface area contributed by atoms with Crippen LogP contribution in [0.15, 0.2) is 35.1 Å². The lowest BCUT2D eigenvalue weighted by Gasteiger charge is -2.19. The maximum Gasteiger partial charge on any atom is 0.125 e. The van der Waals surface area contributed by atoms with Crippen LogP contribution in [0.25, 0.3) is 0 Å². The van der Waals surface area contributed by atoms with Crippen molar-refractivity contribution >= 4 is 27.5 Å². The first-order valence-electron chi connectivity index (χ1n) is 6.68. The maximum atomic E-state index is 6.21. The highest BCUT2D eigenvalue weighted by Crippen LogP contribution is 2.36. The lowest BCUT2D eigenvalue weighted by molar-refractivity contribution is 0.351. The molecule has 0 radical (unpaired) electrons. The summed E-state index contributed by atoms with van der Waals surface area (Å²) in [6, 6.07) is 5.97. The van der Waals surface area contributed by atoms with Gasteiger partial charge in [0.2, 0.25) is 0 Å². The van der Waals surface area contributed by atoms with Crippen LogP contribution < -0.4 is 16.0 Å². The Morgan fingerprint density at radius 2 is 2.33 bits per heavy atom. The zero-order valence-corrected chi connectivity index (χ0v) is 13.6. The summed E-state index contributed by atoms with van der Waals surface area (Å²) in [7, 11) is 0. The molecule has 0 fully saturated rings. The second-order valence-corrected chi connectivity index (χ2v) is 6.30. The number of rotatable bonds is 4. The molecule has 4 nitrogen and oxygen atoms in total. The van der Waals surface area contributed by atoms with Crippen LogP contribution in [-0.4, -0.2) is 11.6 Å². The van der Waals surface area contributed by atoms with Crippen molar-refractivity contribution in [2.24, 2.45) is 5.84 Å². The van der Waals surface area contributed by atoms with E-state index in [9.17, 15) is 0 Å². The van der Waals surface area contributed by atoms with E-state index in [2.05, 4.69) is 38.5 Å². The SMILES string of the molecule is NNC(Cc1cc(Br)cc2c1OCC2)c1ccncc1Cl. The first kappa shape index (κ1) is 14.8. The lowest BCUT2D eigenvalue weighted by atomic mass is 9.97. The number of hydrogen-bond donors (Lipinski definition) is 2. The molecule has 21 heavy (non-hydrogen) atoms. The van der Waals surface area contributed by atoms with Gasteiger partial charge in [-0.2, -0.15) is 0 Å². The van der Waals surface area contributed by atoms with Crippen molar-refractivity contribution in [3.8, 4) is 5.75 Å². The molecule has 0 bridgehead atoms. The molecule has 3 rings (SSSR count). The number of fused-ring (bicyclic) bond motifs is 1. The summed E-state index contributed by atoms with van der Waals surface area (Å²) in [6.45, 7) is 0.732. The monoisotopic (exact) mass is 367 g/mol. The molecule has 6 heteroatoms. The van der Waals surface area contributed by atoms with Crippen molar-refractivity contribution in [3.63, 3.8) is 0 Å². The van der Waals surface area contributed by atoms with Crippen molar-refractivity contribution in [1.29, 1.82) is 0 Å². The third-order valence-electron chi connectivity index (χ3n) is 3.63. The summed E-state index contributed by atoms with van der Waals surface area (Å²) in [5.74, 6) is 6.70. The van der Waals surface area contributed by atoms with Crippen LogP contribution >= 0.6 is 27.5 Å². The summed E-state index contributed by atoms with van der Waals surface area (Å²) in [5.41, 5.74) is 6.12. The van der Waals surface area contributed by atoms with Gasteiger partial charge in [0.05, 0.1) is 17.7 Å². The molecule has 2 heterocycles. The normalized spacial score (nSPS) is 14.6. The Balaban J connectivity index is 1.94. The lowest BCUT2D eigenvalue weighted by Crippen LogP contribution is -2.30. The molecule has 1 atom stereocenters. The fourth-order valence-corrected chi connectivity index (χ4v) is 3.45. The van der Waals surface area contributed by atoms with Gasteiger partial charge in [-0.1, -0.05) is 27.5 Å². The predicted molar refractivity (Wildman–Crippen MR) is 86.4 cm³/mol. The average molecular weight is 369 g/mol. The van der Waals surface area contributed by atoms with E-state index in [1.165, 1.54) is 5.56 Å². The van der Waals surface area contributed by atoms with Crippen LogP contribution in [0.2, 0.25) is 5.02 Å². The van der Waals surface area contributed by atoms with Gasteiger partial charge in [0.15, 0.2) is 0 Å². The van der Waals surface area contributed by atoms with Crippen molar-refractivity contribution in [2.75, 3.05) is 6.61 Å². The van der Waals surface area contributed by atoms with Gasteiger partial charge in [-0.05, 0) is 41.3 Å². The van der Waals surface area contributed by atoms with E-state index in [0.29, 0.717) is 11.4 Å². The highest BCUT2D eigenvalue weighted by Gasteiger charge is 2.21. The highest BCUT2D eigenvalue weighted by molar-refractivity contribution is 9.10. The van der Waals surface area contributed by atoms with Gasteiger partial charge in [0.25, 0.3) is 0 Å². The summed E-state index contributed by atoms with van der Waals surface area (Å²) >= 11 is 9.77. The number of pyridine rings is 1. The van der Waals surface area contributed by atoms with E-state index in [1.54, 1.807) is 12.4 Å². The van der Waals surface area contributed by atoms with E-state index in [4.69, 9.17) is 22.2 Å². The topological polar surface area (TPSA) is 60.2 Å². The van der Waals surface area contributed by atoms with Crippen molar-refractivity contribution in [1.82, 2.24) is 10.4 Å². The van der Waals surface area contributed by atoms with Crippen LogP contribution in [0, 0.1) is 0 Å². The average Bonchev–Trinajstić information content (AvgIpc) is 2.93. The zero-order chi connectivity index (χ0) is 14.8. The van der Waals surface area contributed by atoms with Crippen molar-refractivity contribution < 1.29 is 4.74 Å². The Bertz CT molecular complexity index is 665. The largest absolute Gasteiger partial charge is 0.493 e. The van der Waals surface area contributed by atoms with E-state index < -0.39 is 0 Å². The standard InChI is InChI=1S/C15H15BrClN3O/c16-11-5-9-2-4-21-15(9)10(6-11)7-14(20-18)12-1-3-19-8-13(12)17/h1,3,5-6,8,14,20H,2,4,7,18H2. The summed E-state index contributed by atoms with van der Waals surface area (Å²) in [5, 5.41) is 0.605. The molecular formula is C15H15BrClN3O. The molecule has 1 aliphatic rings. The number of hydrazine groups is 1. The van der Waals surface area contributed by atoms with Crippen LogP contribution in [0.3, 0.4) is 0 Å². The minimum atomic E-state index is -0.0944. The van der Waals surface area contributed by atoms with Crippen LogP contribution in [0.4, 0.5) is 0 Å². The number of ether oxygens (including phenoxy) is 1. The summed E-state index contributed by atoms with van der Waals surface area (Å²) in [4.78, 5) is 4.01. The molecule has 1 unspecified atom stereocenters. The Kier molecular flexibility index (Phi) is 4.45. The van der Waals surface area contributed by atoms with Gasteiger partial charge in [-0.25, -0.2) is 0 Å². The molecule has 0 saturated carbocycles. The molecular weight excluding hydrogens is 354 g/mol. The zero-order valence-electron chi connectivity index (χ0n) is 11.3. The van der Waals surface area contributed by atoms with Gasteiger partial charge < -0.3 is 4.74 Å². The third kappa shape index (κ3) is 3.06. The van der Waals surface area contributed by atoms with Crippen LogP contribution in [-0.2, 0) is 12.8 Å². The van der Waals surface area contributed by atoms with Gasteiger partial charge >= 0.3 is 0 Å². The van der Waals surface area contributed by atoms with E-state index >= 15 is 0 Å². The Morgan fingerprint density at radius 3 is 3.10 bits per heavy atom. The Hall–Kier alpha value is -1.14. The fourth-order valence-electron chi connectivity index (χ4n) is 2.64. The molecule has 0 spiro atoms. The molecule has 0 aliphatic carbocycles. The van der Waals surface area contributed by atoms with E-state index in [0.717, 1.165) is 34.4 Å². The minimum absolute atomic E-state index is 0.0944. The number of hydrogen-bond acceptors (Lipinski definition) is 4. The number of aromatic nitrogens is 1. The summed E-state index contributed by atoms with van der Waals surface area (Å²) in [6.07, 6.45) is 4.98. The van der Waals surface area contributed by atoms with E-state index in [1.807, 2.05) is 6.07 Å². The predicted octanol–water partition coefficient (Wildman–Crippen LogP) is 3.18. The van der Waals surface area contributed by atoms with Gasteiger partial charge in [-0.15, -0.1) is 0 Å². The molecule has 2 aromatic rings. The van der Waals surface area contributed by atoms with Gasteiger partial charge in [0.1, 0.15) is 5.75 Å². The van der Waals surface area contributed by atoms with Crippen LogP contribution in [0.5, 0.6) is 5.75 Å². The van der Waals surface area contributed by atoms with Crippen molar-refractivity contribution in [3.05, 3.63) is 56.8 Å². The van der Waals surface area contributed by atoms with Crippen molar-refractivity contribution in [2.45, 2.75) is 18.9 Å². The maximum absolute atomic E-state index is 6.21. The molecule has 110 valence electrons. The smallest absolute Gasteiger partial charge is 0.125 e. The molecule has 1 aromatic heterocycles. The van der Waals surface area contributed by atoms with Gasteiger partial charge in [-0.3, -0.25) is 16.3 Å². The second kappa shape index (κ2) is 6.32. The minimum Gasteiger partial charge on any atom is -0.493 e. The molecule has 0 saturated heterocycles. The van der Waals surface area contributed by atoms with Gasteiger partial charge in [0, 0.05) is 23.3 Å². The highest BCUT2D eigenvalue weighted by atomic mass is 79.9. The number of benzene rings is 1. The Morgan fingerprint density at radius 1 is 1.48 bits per heavy atom. The number of nitrogens with zero attached hydrogens (tertiary/aromatic N) is 1. The number of nitrogens with two attached hydrogens (primary N) is 1. The number of halogens is 2. The molecule has 1 aliphatic heterocycles. The fraction of sp³-hybridized carbons (Fsp3) is 0.267. The quantitative estimate of drug-likeness (QED) is 0.643. The molecule has 1 aromatic carbocycles. The molecule has 3 N–H and O–H groups in total. The first-order valence-corrected chi connectivity index (χ1v) is 7.85. The summed E-state index contributed by atoms with van der Waals surface area (Å²) < 4.78 is 6.82. The van der Waals surface area contributed by atoms with Crippen LogP contribution in [0.1, 0.15) is 22.7 Å². The third-order valence-corrected chi connectivity index (χ3v) is 4.40. The number of nitrogens with one attached hydrogen (secondary N) is 1. The second-order valence-electron chi connectivity index (χ2n) is 4.97. The first-order chi connectivity index (χ1) is 10.2. The van der Waals surface area contributed by atoms with E-state index in [-0.39, 0.29) is 6.04 Å². The Labute approximate surface area is 136 Å².